The van der Waals surface area contributed by atoms with Crippen LogP contribution >= 0.6 is 0 Å². The highest BCUT2D eigenvalue weighted by molar-refractivity contribution is 5.09. The Morgan fingerprint density at radius 3 is 3.50 bits per heavy atom. The predicted molar refractivity (Wildman–Crippen MR) is 52.3 cm³/mol. The fourth-order valence-electron chi connectivity index (χ4n) is 1.55. The van der Waals surface area contributed by atoms with Crippen molar-refractivity contribution in [3.8, 4) is 0 Å². The van der Waals surface area contributed by atoms with Gasteiger partial charge in [0.15, 0.2) is 2.82 Å². The second-order valence-corrected chi connectivity index (χ2v) is 3.42. The summed E-state index contributed by atoms with van der Waals surface area (Å²) in [5.41, 5.74) is -0.617. The van der Waals surface area contributed by atoms with Crippen LogP contribution in [-0.2, 0) is 4.74 Å². The lowest BCUT2D eigenvalue weighted by Crippen LogP contribution is -2.28. The number of hydrogen-bond acceptors (Lipinski definition) is 7. The number of ether oxygens (including phenoxy) is 1. The van der Waals surface area contributed by atoms with Gasteiger partial charge in [-0.1, -0.05) is 0 Å². The molecular weight excluding hydrogens is 216 g/mol. The third-order valence-corrected chi connectivity index (χ3v) is 2.37. The van der Waals surface area contributed by atoms with Crippen molar-refractivity contribution < 1.29 is 17.8 Å². The highest BCUT2D eigenvalue weighted by Gasteiger charge is 2.35. The summed E-state index contributed by atoms with van der Waals surface area (Å²) in [7, 11) is 0. The van der Waals surface area contributed by atoms with Gasteiger partial charge in [0.25, 0.3) is 0 Å². The Bertz CT molecular complexity index is 515. The van der Waals surface area contributed by atoms with Crippen LogP contribution < -0.4 is 11.4 Å². The van der Waals surface area contributed by atoms with Crippen molar-refractivity contribution in [3.63, 3.8) is 0 Å². The Balaban J connectivity index is 2.18. The van der Waals surface area contributed by atoms with E-state index in [9.17, 15) is 4.79 Å². The third-order valence-electron chi connectivity index (χ3n) is 2.37. The SMILES string of the molecule is [2H]OC[C@H]1O[C@@H](n2cnc(N([2H])[2H])nc2=O)C[C@@H]1O[2H]. The number of nitrogens with two attached hydrogens (primary N) is 1. The first-order valence-electron chi connectivity index (χ1n) is 6.36. The largest absolute Gasteiger partial charge is 0.394 e. The quantitative estimate of drug-likeness (QED) is 0.529. The van der Waals surface area contributed by atoms with Crippen molar-refractivity contribution >= 4 is 5.95 Å². The number of aliphatic hydroxyl groups excluding tert-OH is 2. The van der Waals surface area contributed by atoms with Crippen LogP contribution in [0, 0.1) is 0 Å². The summed E-state index contributed by atoms with van der Waals surface area (Å²) in [6.07, 6.45) is -0.731. The standard InChI is InChI=1S/C8H12N4O4/c9-7-10-3-12(8(15)11-7)6-1-4(14)5(2-13)16-6/h3-6,13-14H,1-2H2,(H2,9,11,15)/t4-,5+,6+/m0/s1/i13D,14D/hD2. The lowest BCUT2D eigenvalue weighted by atomic mass is 10.2. The van der Waals surface area contributed by atoms with Crippen LogP contribution in [-0.4, -0.2) is 46.4 Å². The number of anilines is 1. The van der Waals surface area contributed by atoms with Gasteiger partial charge in [0, 0.05) is 6.42 Å². The smallest absolute Gasteiger partial charge is 0.354 e. The van der Waals surface area contributed by atoms with Gasteiger partial charge < -0.3 is 20.7 Å². The van der Waals surface area contributed by atoms with Gasteiger partial charge in [-0.15, -0.1) is 0 Å². The monoisotopic (exact) mass is 232 g/mol. The first kappa shape index (κ1) is 6.94. The van der Waals surface area contributed by atoms with Crippen molar-refractivity contribution in [2.75, 3.05) is 12.3 Å². The van der Waals surface area contributed by atoms with Crippen LogP contribution in [0.5, 0.6) is 0 Å². The van der Waals surface area contributed by atoms with E-state index >= 15 is 0 Å². The van der Waals surface area contributed by atoms with Gasteiger partial charge in [0.1, 0.15) is 18.7 Å². The highest BCUT2D eigenvalue weighted by Crippen LogP contribution is 2.26. The van der Waals surface area contributed by atoms with Crippen LogP contribution in [0.1, 0.15) is 12.6 Å². The summed E-state index contributed by atoms with van der Waals surface area (Å²) in [4.78, 5) is 18.9. The molecular formula is C8H12N4O4. The molecule has 8 nitrogen and oxygen atoms in total. The molecule has 2 rings (SSSR count). The molecule has 1 saturated heterocycles. The Labute approximate surface area is 96.2 Å². The van der Waals surface area contributed by atoms with E-state index in [1.165, 1.54) is 0 Å². The number of nitrogens with zero attached hydrogens (tertiary/aromatic N) is 3. The Morgan fingerprint density at radius 1 is 1.88 bits per heavy atom. The summed E-state index contributed by atoms with van der Waals surface area (Å²) in [6, 6.07) is 0. The molecule has 0 spiro atoms. The number of hydrogen-bond donors (Lipinski definition) is 3. The minimum absolute atomic E-state index is 0.0963. The maximum atomic E-state index is 11.8. The average molecular weight is 232 g/mol. The van der Waals surface area contributed by atoms with Crippen LogP contribution in [0.2, 0.25) is 2.82 Å². The molecule has 0 aromatic carbocycles. The third kappa shape index (κ3) is 1.90. The van der Waals surface area contributed by atoms with Crippen LogP contribution in [0.3, 0.4) is 0 Å². The first-order chi connectivity index (χ1) is 9.56. The molecule has 1 aromatic heterocycles. The Kier molecular flexibility index (Phi) is 1.81. The minimum atomic E-state index is -0.753. The highest BCUT2D eigenvalue weighted by atomic mass is 16.5. The van der Waals surface area contributed by atoms with Gasteiger partial charge >= 0.3 is 5.69 Å². The average Bonchev–Trinajstić information content (AvgIpc) is 2.81. The molecule has 16 heavy (non-hydrogen) atoms. The molecule has 2 heterocycles. The molecule has 0 bridgehead atoms. The molecule has 0 aliphatic carbocycles. The Hall–Kier alpha value is -1.51. The molecule has 8 heteroatoms. The van der Waals surface area contributed by atoms with E-state index in [1.54, 1.807) is 0 Å². The second-order valence-electron chi connectivity index (χ2n) is 3.42. The van der Waals surface area contributed by atoms with Crippen molar-refractivity contribution in [2.45, 2.75) is 24.9 Å². The van der Waals surface area contributed by atoms with Crippen molar-refractivity contribution in [1.82, 2.24) is 14.5 Å². The van der Waals surface area contributed by atoms with E-state index in [1.807, 2.05) is 0 Å². The molecule has 1 fully saturated rings. The molecule has 1 aliphatic heterocycles. The zero-order valence-corrected chi connectivity index (χ0v) is 8.15. The summed E-state index contributed by atoms with van der Waals surface area (Å²) >= 11 is 0. The number of rotatable bonds is 5. The zero-order chi connectivity index (χ0) is 14.7. The van der Waals surface area contributed by atoms with Gasteiger partial charge in [-0.25, -0.2) is 9.78 Å². The number of nitrogen functional groups attached to an aromatic ring is 1. The van der Waals surface area contributed by atoms with Gasteiger partial charge in [-0.3, -0.25) is 4.57 Å². The minimum Gasteiger partial charge on any atom is -0.394 e. The topological polar surface area (TPSA) is 123 Å². The molecule has 0 radical (unpaired) electrons. The van der Waals surface area contributed by atoms with E-state index in [0.717, 1.165) is 10.9 Å². The van der Waals surface area contributed by atoms with Gasteiger partial charge in [-0.2, -0.15) is 4.98 Å². The van der Waals surface area contributed by atoms with Gasteiger partial charge in [0.05, 0.1) is 12.7 Å². The lowest BCUT2D eigenvalue weighted by Gasteiger charge is -2.13. The molecule has 4 N–H and O–H groups in total. The fraction of sp³-hybridized carbons (Fsp3) is 0.625. The van der Waals surface area contributed by atoms with Gasteiger partial charge in [-0.05, 0) is 0 Å². The van der Waals surface area contributed by atoms with Crippen LogP contribution in [0.25, 0.3) is 0 Å². The van der Waals surface area contributed by atoms with E-state index in [2.05, 4.69) is 20.2 Å². The lowest BCUT2D eigenvalue weighted by molar-refractivity contribution is -0.0462. The van der Waals surface area contributed by atoms with Crippen molar-refractivity contribution in [2.24, 2.45) is 0 Å². The molecule has 1 aromatic rings. The van der Waals surface area contributed by atoms with Crippen molar-refractivity contribution in [1.29, 1.82) is 2.86 Å². The summed E-state index contributed by atoms with van der Waals surface area (Å²) in [5.74, 6) is -0.358. The van der Waals surface area contributed by atoms with Crippen molar-refractivity contribution in [3.05, 3.63) is 16.8 Å². The van der Waals surface area contributed by atoms with E-state index < -0.39 is 24.1 Å². The maximum Gasteiger partial charge on any atom is 0.354 e. The molecule has 88 valence electrons. The molecule has 1 aliphatic rings. The number of aliphatic hydroxyl groups is 2. The maximum absolute atomic E-state index is 11.8. The van der Waals surface area contributed by atoms with Gasteiger partial charge in [0.2, 0.25) is 8.81 Å². The normalized spacial score (nSPS) is 32.6. The zero-order valence-electron chi connectivity index (χ0n) is 12.1. The molecule has 0 saturated carbocycles. The van der Waals surface area contributed by atoms with Crippen LogP contribution in [0.15, 0.2) is 11.1 Å². The predicted octanol–water partition coefficient (Wildman–Crippen LogP) is -2.14. The van der Waals surface area contributed by atoms with E-state index in [-0.39, 0.29) is 24.7 Å². The summed E-state index contributed by atoms with van der Waals surface area (Å²) in [5, 5.41) is 8.68. The second kappa shape index (κ2) is 4.16. The van der Waals surface area contributed by atoms with E-state index in [0.29, 0.717) is 0 Å². The Morgan fingerprint density at radius 2 is 2.81 bits per heavy atom. The molecule has 3 atom stereocenters. The van der Waals surface area contributed by atoms with E-state index in [4.69, 9.17) is 10.4 Å². The summed E-state index contributed by atoms with van der Waals surface area (Å²) in [6.45, 7) is -0.0963. The first-order valence-corrected chi connectivity index (χ1v) is 4.65. The molecule has 0 unspecified atom stereocenters. The van der Waals surface area contributed by atoms with Crippen LogP contribution in [0.4, 0.5) is 5.95 Å². The number of aromatic nitrogens is 3. The summed E-state index contributed by atoms with van der Waals surface area (Å²) < 4.78 is 34.1. The molecule has 0 amide bonds. The fourth-order valence-corrected chi connectivity index (χ4v) is 1.55.